The molecule has 1 N–H and O–H groups in total. The Kier molecular flexibility index (Phi) is 6.20. The van der Waals surface area contributed by atoms with Crippen LogP contribution in [-0.4, -0.2) is 29.8 Å². The number of benzene rings is 2. The third-order valence-electron chi connectivity index (χ3n) is 5.00. The predicted octanol–water partition coefficient (Wildman–Crippen LogP) is 4.26. The van der Waals surface area contributed by atoms with Crippen molar-refractivity contribution < 1.29 is 27.2 Å². The van der Waals surface area contributed by atoms with Gasteiger partial charge in [-0.2, -0.15) is 13.2 Å². The van der Waals surface area contributed by atoms with Crippen molar-refractivity contribution in [2.24, 2.45) is 5.92 Å². The van der Waals surface area contributed by atoms with E-state index in [1.165, 1.54) is 17.0 Å². The molecule has 0 radical (unpaired) electrons. The molecule has 1 fully saturated rings. The summed E-state index contributed by atoms with van der Waals surface area (Å²) in [5, 5.41) is 2.34. The van der Waals surface area contributed by atoms with Crippen LogP contribution >= 0.6 is 0 Å². The number of likely N-dealkylation sites (tertiary alicyclic amines) is 1. The summed E-state index contributed by atoms with van der Waals surface area (Å²) in [5.74, 6) is -1.53. The van der Waals surface area contributed by atoms with Gasteiger partial charge in [-0.05, 0) is 67.1 Å². The van der Waals surface area contributed by atoms with Gasteiger partial charge in [-0.25, -0.2) is 4.39 Å². The van der Waals surface area contributed by atoms with Crippen molar-refractivity contribution in [1.82, 2.24) is 4.90 Å². The summed E-state index contributed by atoms with van der Waals surface area (Å²) in [6.45, 7) is 0.844. The highest BCUT2D eigenvalue weighted by molar-refractivity contribution is 6.39. The molecule has 0 bridgehead atoms. The van der Waals surface area contributed by atoms with Crippen LogP contribution < -0.4 is 5.32 Å². The van der Waals surface area contributed by atoms with Crippen molar-refractivity contribution >= 4 is 17.5 Å². The van der Waals surface area contributed by atoms with Gasteiger partial charge in [-0.15, -0.1) is 0 Å². The number of nitrogens with zero attached hydrogens (tertiary/aromatic N) is 1. The lowest BCUT2D eigenvalue weighted by molar-refractivity contribution is -0.144. The highest BCUT2D eigenvalue weighted by Gasteiger charge is 2.30. The number of hydrogen-bond acceptors (Lipinski definition) is 2. The maximum Gasteiger partial charge on any atom is 0.416 e. The zero-order valence-electron chi connectivity index (χ0n) is 15.5. The molecule has 154 valence electrons. The molecule has 0 atom stereocenters. The number of anilines is 1. The van der Waals surface area contributed by atoms with Crippen LogP contribution in [0.2, 0.25) is 0 Å². The van der Waals surface area contributed by atoms with Crippen LogP contribution in [0.5, 0.6) is 0 Å². The quantitative estimate of drug-likeness (QED) is 0.609. The summed E-state index contributed by atoms with van der Waals surface area (Å²) in [6, 6.07) is 10.2. The van der Waals surface area contributed by atoms with Crippen LogP contribution in [0.3, 0.4) is 0 Å². The lowest BCUT2D eigenvalue weighted by Crippen LogP contribution is -2.44. The Morgan fingerprint density at radius 3 is 2.10 bits per heavy atom. The van der Waals surface area contributed by atoms with E-state index in [1.54, 1.807) is 12.1 Å². The summed E-state index contributed by atoms with van der Waals surface area (Å²) in [5.41, 5.74) is 0.323. The van der Waals surface area contributed by atoms with Gasteiger partial charge in [-0.1, -0.05) is 12.1 Å². The second kappa shape index (κ2) is 8.63. The number of amides is 2. The summed E-state index contributed by atoms with van der Waals surface area (Å²) in [7, 11) is 0. The van der Waals surface area contributed by atoms with Gasteiger partial charge in [0.1, 0.15) is 5.82 Å². The summed E-state index contributed by atoms with van der Waals surface area (Å²) in [4.78, 5) is 25.9. The molecule has 0 aliphatic carbocycles. The van der Waals surface area contributed by atoms with E-state index in [0.29, 0.717) is 19.0 Å². The van der Waals surface area contributed by atoms with Crippen LogP contribution in [0.15, 0.2) is 48.5 Å². The number of hydrogen-bond donors (Lipinski definition) is 1. The number of halogens is 4. The SMILES string of the molecule is O=C(Nc1ccc(C(F)(F)F)cc1)C(=O)N1CCC(Cc2ccc(F)cc2)CC1. The first-order chi connectivity index (χ1) is 13.7. The lowest BCUT2D eigenvalue weighted by atomic mass is 9.90. The first-order valence-corrected chi connectivity index (χ1v) is 9.24. The van der Waals surface area contributed by atoms with E-state index in [1.807, 2.05) is 0 Å². The molecule has 2 aromatic rings. The maximum atomic E-state index is 13.0. The molecule has 3 rings (SSSR count). The van der Waals surface area contributed by atoms with Crippen molar-refractivity contribution in [3.8, 4) is 0 Å². The van der Waals surface area contributed by atoms with E-state index < -0.39 is 23.6 Å². The standard InChI is InChI=1S/C21H20F4N2O2/c22-17-5-1-14(2-6-17)13-15-9-11-27(12-10-15)20(29)19(28)26-18-7-3-16(4-8-18)21(23,24)25/h1-8,15H,9-13H2,(H,26,28). The Morgan fingerprint density at radius 1 is 0.966 bits per heavy atom. The average molecular weight is 408 g/mol. The number of carbonyl (C=O) groups is 2. The van der Waals surface area contributed by atoms with Gasteiger partial charge in [0.2, 0.25) is 0 Å². The number of piperidine rings is 1. The van der Waals surface area contributed by atoms with E-state index in [-0.39, 0.29) is 11.5 Å². The van der Waals surface area contributed by atoms with E-state index in [4.69, 9.17) is 0 Å². The fourth-order valence-electron chi connectivity index (χ4n) is 3.36. The first kappa shape index (κ1) is 20.8. The van der Waals surface area contributed by atoms with Crippen molar-refractivity contribution in [3.05, 3.63) is 65.5 Å². The largest absolute Gasteiger partial charge is 0.416 e. The highest BCUT2D eigenvalue weighted by Crippen LogP contribution is 2.30. The van der Waals surface area contributed by atoms with E-state index >= 15 is 0 Å². The Labute approximate surface area is 165 Å². The van der Waals surface area contributed by atoms with E-state index in [9.17, 15) is 27.2 Å². The molecule has 0 saturated carbocycles. The minimum absolute atomic E-state index is 0.127. The summed E-state index contributed by atoms with van der Waals surface area (Å²) in [6.07, 6.45) is -2.25. The van der Waals surface area contributed by atoms with Gasteiger partial charge >= 0.3 is 18.0 Å². The zero-order valence-corrected chi connectivity index (χ0v) is 15.5. The zero-order chi connectivity index (χ0) is 21.0. The molecule has 0 unspecified atom stereocenters. The Bertz CT molecular complexity index is 856. The Hall–Kier alpha value is -2.90. The van der Waals surface area contributed by atoms with Crippen LogP contribution in [0, 0.1) is 11.7 Å². The number of nitrogens with one attached hydrogen (secondary N) is 1. The molecule has 4 nitrogen and oxygen atoms in total. The van der Waals surface area contributed by atoms with Gasteiger partial charge < -0.3 is 10.2 Å². The molecule has 0 spiro atoms. The van der Waals surface area contributed by atoms with Gasteiger partial charge in [0, 0.05) is 18.8 Å². The van der Waals surface area contributed by atoms with Gasteiger partial charge in [0.15, 0.2) is 0 Å². The number of alkyl halides is 3. The normalized spacial score (nSPS) is 15.2. The van der Waals surface area contributed by atoms with Crippen LogP contribution in [0.4, 0.5) is 23.2 Å². The minimum atomic E-state index is -4.46. The molecule has 1 aliphatic rings. The highest BCUT2D eigenvalue weighted by atomic mass is 19.4. The molecule has 1 aliphatic heterocycles. The summed E-state index contributed by atoms with van der Waals surface area (Å²) >= 11 is 0. The topological polar surface area (TPSA) is 49.4 Å². The minimum Gasteiger partial charge on any atom is -0.334 e. The second-order valence-corrected chi connectivity index (χ2v) is 7.10. The molecule has 2 amide bonds. The molecule has 29 heavy (non-hydrogen) atoms. The van der Waals surface area contributed by atoms with Crippen molar-refractivity contribution in [1.29, 1.82) is 0 Å². The van der Waals surface area contributed by atoms with E-state index in [0.717, 1.165) is 49.1 Å². The second-order valence-electron chi connectivity index (χ2n) is 7.10. The van der Waals surface area contributed by atoms with Gasteiger partial charge in [0.25, 0.3) is 0 Å². The third-order valence-corrected chi connectivity index (χ3v) is 5.00. The molecule has 1 heterocycles. The predicted molar refractivity (Wildman–Crippen MR) is 99.5 cm³/mol. The van der Waals surface area contributed by atoms with Crippen LogP contribution in [0.1, 0.15) is 24.0 Å². The molecule has 0 aromatic heterocycles. The fraction of sp³-hybridized carbons (Fsp3) is 0.333. The lowest BCUT2D eigenvalue weighted by Gasteiger charge is -2.31. The van der Waals surface area contributed by atoms with Crippen molar-refractivity contribution in [3.63, 3.8) is 0 Å². The monoisotopic (exact) mass is 408 g/mol. The molecule has 8 heteroatoms. The number of rotatable bonds is 3. The third kappa shape index (κ3) is 5.56. The molecular weight excluding hydrogens is 388 g/mol. The van der Waals surface area contributed by atoms with E-state index in [2.05, 4.69) is 5.32 Å². The first-order valence-electron chi connectivity index (χ1n) is 9.24. The molecule has 1 saturated heterocycles. The average Bonchev–Trinajstić information content (AvgIpc) is 2.69. The van der Waals surface area contributed by atoms with Crippen molar-refractivity contribution in [2.75, 3.05) is 18.4 Å². The van der Waals surface area contributed by atoms with Crippen LogP contribution in [-0.2, 0) is 22.2 Å². The molecule has 2 aromatic carbocycles. The Balaban J connectivity index is 1.49. The van der Waals surface area contributed by atoms with Gasteiger partial charge in [-0.3, -0.25) is 9.59 Å². The number of carbonyl (C=O) groups excluding carboxylic acids is 2. The molecular formula is C21H20F4N2O2. The Morgan fingerprint density at radius 2 is 1.55 bits per heavy atom. The van der Waals surface area contributed by atoms with Gasteiger partial charge in [0.05, 0.1) is 5.56 Å². The summed E-state index contributed by atoms with van der Waals surface area (Å²) < 4.78 is 50.7. The smallest absolute Gasteiger partial charge is 0.334 e. The van der Waals surface area contributed by atoms with Crippen molar-refractivity contribution in [2.45, 2.75) is 25.4 Å². The fourth-order valence-corrected chi connectivity index (χ4v) is 3.36. The maximum absolute atomic E-state index is 13.0. The van der Waals surface area contributed by atoms with Crippen LogP contribution in [0.25, 0.3) is 0 Å².